The van der Waals surface area contributed by atoms with Crippen LogP contribution in [0.3, 0.4) is 0 Å². The Bertz CT molecular complexity index is 3500. The normalized spacial score (nSPS) is 13.0. The van der Waals surface area contributed by atoms with Crippen molar-refractivity contribution >= 4 is 49.4 Å². The Morgan fingerprint density at radius 1 is 0.258 bits per heavy atom. The highest BCUT2D eigenvalue weighted by molar-refractivity contribution is 6.26. The van der Waals surface area contributed by atoms with Crippen molar-refractivity contribution in [3.63, 3.8) is 0 Å². The molecule has 0 bridgehead atoms. The van der Waals surface area contributed by atoms with E-state index in [9.17, 15) is 0 Å². The fraction of sp³-hybridized carbons (Fsp3) is 0.0164. The van der Waals surface area contributed by atoms with Crippen LogP contribution >= 0.6 is 0 Å². The van der Waals surface area contributed by atoms with Crippen molar-refractivity contribution in [3.8, 4) is 44.5 Å². The van der Waals surface area contributed by atoms with Crippen LogP contribution in [-0.2, 0) is 5.41 Å². The Hall–Kier alpha value is -8.00. The molecule has 0 aromatic heterocycles. The van der Waals surface area contributed by atoms with Crippen LogP contribution in [0.5, 0.6) is 0 Å². The van der Waals surface area contributed by atoms with Gasteiger partial charge in [-0.1, -0.05) is 200 Å². The standard InChI is InChI=1S/C61H39N/c1-2-16-40(17-3-1)42-18-14-19-43(38-42)41-32-34-44(35-33-41)62(45-36-37-50-48-22-5-4-20-46(48)47-21-6-7-23-49(47)54(50)39-45)59-31-15-30-58-60(59)53-26-10-13-29-57(53)61(58)55-27-11-8-24-51(55)52-25-9-12-28-56(52)61/h1-39H. The predicted molar refractivity (Wildman–Crippen MR) is 261 cm³/mol. The molecule has 288 valence electrons. The number of rotatable bonds is 5. The average Bonchev–Trinajstić information content (AvgIpc) is 3.83. The molecule has 0 radical (unpaired) electrons. The van der Waals surface area contributed by atoms with E-state index in [0.29, 0.717) is 0 Å². The van der Waals surface area contributed by atoms with E-state index in [0.717, 1.165) is 17.1 Å². The quantitative estimate of drug-likeness (QED) is 0.157. The predicted octanol–water partition coefficient (Wildman–Crippen LogP) is 16.3. The van der Waals surface area contributed by atoms with Crippen LogP contribution in [0.2, 0.25) is 0 Å². The summed E-state index contributed by atoms with van der Waals surface area (Å²) < 4.78 is 0. The van der Waals surface area contributed by atoms with E-state index in [4.69, 9.17) is 0 Å². The van der Waals surface area contributed by atoms with Crippen molar-refractivity contribution in [3.05, 3.63) is 259 Å². The lowest BCUT2D eigenvalue weighted by Crippen LogP contribution is -2.26. The number of hydrogen-bond acceptors (Lipinski definition) is 1. The first kappa shape index (κ1) is 34.8. The molecule has 2 aliphatic rings. The van der Waals surface area contributed by atoms with Crippen molar-refractivity contribution in [2.45, 2.75) is 5.41 Å². The summed E-state index contributed by atoms with van der Waals surface area (Å²) in [4.78, 5) is 2.51. The third-order valence-corrected chi connectivity index (χ3v) is 13.7. The van der Waals surface area contributed by atoms with Gasteiger partial charge in [0.25, 0.3) is 0 Å². The number of benzene rings is 11. The van der Waals surface area contributed by atoms with Crippen LogP contribution < -0.4 is 4.90 Å². The summed E-state index contributed by atoms with van der Waals surface area (Å²) in [7, 11) is 0. The second-order valence-electron chi connectivity index (χ2n) is 16.7. The van der Waals surface area contributed by atoms with Crippen LogP contribution in [0.25, 0.3) is 76.8 Å². The van der Waals surface area contributed by atoms with Crippen LogP contribution in [0.1, 0.15) is 22.3 Å². The molecular formula is C61H39N. The summed E-state index contributed by atoms with van der Waals surface area (Å²) in [5, 5.41) is 7.61. The largest absolute Gasteiger partial charge is 0.310 e. The van der Waals surface area contributed by atoms with Gasteiger partial charge in [-0.05, 0) is 130 Å². The van der Waals surface area contributed by atoms with E-state index < -0.39 is 5.41 Å². The van der Waals surface area contributed by atoms with Crippen LogP contribution in [0.4, 0.5) is 17.1 Å². The number of anilines is 3. The first-order chi connectivity index (χ1) is 30.8. The van der Waals surface area contributed by atoms with Gasteiger partial charge in [-0.2, -0.15) is 0 Å². The molecular weight excluding hydrogens is 747 g/mol. The Morgan fingerprint density at radius 2 is 0.694 bits per heavy atom. The molecule has 0 unspecified atom stereocenters. The van der Waals surface area contributed by atoms with Crippen molar-refractivity contribution < 1.29 is 0 Å². The second kappa shape index (κ2) is 13.5. The molecule has 13 rings (SSSR count). The Kier molecular flexibility index (Phi) is 7.59. The van der Waals surface area contributed by atoms with E-state index in [1.165, 1.54) is 99.1 Å². The van der Waals surface area contributed by atoms with Gasteiger partial charge in [-0.15, -0.1) is 0 Å². The molecule has 0 aliphatic heterocycles. The SMILES string of the molecule is c1ccc(-c2cccc(-c3ccc(N(c4ccc5c6ccccc6c6ccccc6c5c4)c4cccc5c4-c4ccccc4C54c5ccccc5-c5ccccc54)cc3)c2)cc1. The number of nitrogens with zero attached hydrogens (tertiary/aromatic N) is 1. The summed E-state index contributed by atoms with van der Waals surface area (Å²) in [6.07, 6.45) is 0. The van der Waals surface area contributed by atoms with Gasteiger partial charge in [-0.25, -0.2) is 0 Å². The lowest BCUT2D eigenvalue weighted by atomic mass is 9.70. The van der Waals surface area contributed by atoms with Crippen LogP contribution in [0, 0.1) is 0 Å². The van der Waals surface area contributed by atoms with E-state index in [1.54, 1.807) is 0 Å². The van der Waals surface area contributed by atoms with Crippen LogP contribution in [-0.4, -0.2) is 0 Å². The van der Waals surface area contributed by atoms with E-state index in [1.807, 2.05) is 0 Å². The zero-order chi connectivity index (χ0) is 40.8. The molecule has 11 aromatic rings. The van der Waals surface area contributed by atoms with Gasteiger partial charge in [0.2, 0.25) is 0 Å². The smallest absolute Gasteiger partial charge is 0.0726 e. The lowest BCUT2D eigenvalue weighted by molar-refractivity contribution is 0.794. The van der Waals surface area contributed by atoms with Gasteiger partial charge in [0, 0.05) is 16.9 Å². The Labute approximate surface area is 361 Å². The van der Waals surface area contributed by atoms with E-state index in [-0.39, 0.29) is 0 Å². The molecule has 62 heavy (non-hydrogen) atoms. The summed E-state index contributed by atoms with van der Waals surface area (Å²) in [5.74, 6) is 0. The highest BCUT2D eigenvalue weighted by Crippen LogP contribution is 2.64. The third kappa shape index (κ3) is 4.91. The highest BCUT2D eigenvalue weighted by Gasteiger charge is 2.52. The minimum atomic E-state index is -0.438. The van der Waals surface area contributed by atoms with Crippen LogP contribution in [0.15, 0.2) is 237 Å². The number of fused-ring (bicyclic) bond motifs is 16. The van der Waals surface area contributed by atoms with Crippen molar-refractivity contribution in [1.82, 2.24) is 0 Å². The molecule has 0 saturated carbocycles. The van der Waals surface area contributed by atoms with Crippen molar-refractivity contribution in [1.29, 1.82) is 0 Å². The minimum absolute atomic E-state index is 0.438. The molecule has 0 saturated heterocycles. The molecule has 0 N–H and O–H groups in total. The van der Waals surface area contributed by atoms with Gasteiger partial charge >= 0.3 is 0 Å². The monoisotopic (exact) mass is 785 g/mol. The molecule has 0 atom stereocenters. The molecule has 2 aliphatic carbocycles. The lowest BCUT2D eigenvalue weighted by Gasteiger charge is -2.32. The van der Waals surface area contributed by atoms with Gasteiger partial charge in [0.1, 0.15) is 0 Å². The Morgan fingerprint density at radius 3 is 1.32 bits per heavy atom. The summed E-state index contributed by atoms with van der Waals surface area (Å²) in [5.41, 5.74) is 18.3. The maximum absolute atomic E-state index is 2.51. The fourth-order valence-electron chi connectivity index (χ4n) is 11.1. The molecule has 0 fully saturated rings. The van der Waals surface area contributed by atoms with Gasteiger partial charge in [0.05, 0.1) is 11.1 Å². The van der Waals surface area contributed by atoms with Gasteiger partial charge < -0.3 is 4.90 Å². The number of hydrogen-bond donors (Lipinski definition) is 0. The third-order valence-electron chi connectivity index (χ3n) is 13.7. The topological polar surface area (TPSA) is 3.24 Å². The van der Waals surface area contributed by atoms with Gasteiger partial charge in [0.15, 0.2) is 0 Å². The molecule has 0 heterocycles. The highest BCUT2D eigenvalue weighted by atomic mass is 15.1. The molecule has 1 spiro atoms. The summed E-state index contributed by atoms with van der Waals surface area (Å²) >= 11 is 0. The summed E-state index contributed by atoms with van der Waals surface area (Å²) in [6, 6.07) is 87.8. The summed E-state index contributed by atoms with van der Waals surface area (Å²) in [6.45, 7) is 0. The maximum Gasteiger partial charge on any atom is 0.0726 e. The van der Waals surface area contributed by atoms with E-state index >= 15 is 0 Å². The van der Waals surface area contributed by atoms with Gasteiger partial charge in [-0.3, -0.25) is 0 Å². The maximum atomic E-state index is 2.51. The fourth-order valence-corrected chi connectivity index (χ4v) is 11.1. The zero-order valence-electron chi connectivity index (χ0n) is 34.0. The molecule has 1 heteroatoms. The zero-order valence-corrected chi connectivity index (χ0v) is 34.0. The first-order valence-corrected chi connectivity index (χ1v) is 21.6. The second-order valence-corrected chi connectivity index (χ2v) is 16.7. The molecule has 11 aromatic carbocycles. The average molecular weight is 786 g/mol. The Balaban J connectivity index is 1.06. The van der Waals surface area contributed by atoms with Crippen molar-refractivity contribution in [2.75, 3.05) is 4.90 Å². The molecule has 1 nitrogen and oxygen atoms in total. The van der Waals surface area contributed by atoms with E-state index in [2.05, 4.69) is 241 Å². The minimum Gasteiger partial charge on any atom is -0.310 e. The first-order valence-electron chi connectivity index (χ1n) is 21.6. The molecule has 0 amide bonds. The van der Waals surface area contributed by atoms with Crippen molar-refractivity contribution in [2.24, 2.45) is 0 Å².